The second kappa shape index (κ2) is 11.5. The van der Waals surface area contributed by atoms with Crippen LogP contribution in [0.15, 0.2) is 52.9 Å². The molecule has 0 aliphatic carbocycles. The van der Waals surface area contributed by atoms with Gasteiger partial charge in [0.05, 0.1) is 23.6 Å². The fraction of sp³-hybridized carbons (Fsp3) is 0.174. The minimum atomic E-state index is -0.506. The van der Waals surface area contributed by atoms with Crippen molar-refractivity contribution in [2.45, 2.75) is 11.3 Å². The van der Waals surface area contributed by atoms with Crippen molar-refractivity contribution >= 4 is 57.8 Å². The van der Waals surface area contributed by atoms with E-state index in [2.05, 4.69) is 20.8 Å². The number of para-hydroxylation sites is 1. The zero-order valence-corrected chi connectivity index (χ0v) is 20.1. The molecule has 0 bridgehead atoms. The van der Waals surface area contributed by atoms with Gasteiger partial charge in [-0.05, 0) is 42.8 Å². The Balaban J connectivity index is 1.27. The lowest BCUT2D eigenvalue weighted by Crippen LogP contribution is -2.17. The molecule has 4 rings (SSSR count). The summed E-state index contributed by atoms with van der Waals surface area (Å²) in [5.74, 6) is 0.147. The largest absolute Gasteiger partial charge is 0.462 e. The molecular formula is C23H20N4O6S2. The van der Waals surface area contributed by atoms with Crippen molar-refractivity contribution in [3.8, 4) is 11.5 Å². The number of nitrogens with zero attached hydrogens (tertiary/aromatic N) is 2. The number of ether oxygens (including phenoxy) is 3. The van der Waals surface area contributed by atoms with Gasteiger partial charge in [-0.2, -0.15) is 0 Å². The lowest BCUT2D eigenvalue weighted by atomic mass is 10.2. The molecule has 0 unspecified atom stereocenters. The third kappa shape index (κ3) is 6.58. The Bertz CT molecular complexity index is 1280. The minimum Gasteiger partial charge on any atom is -0.462 e. The van der Waals surface area contributed by atoms with Gasteiger partial charge in [0.15, 0.2) is 15.8 Å². The van der Waals surface area contributed by atoms with Gasteiger partial charge in [0, 0.05) is 6.08 Å². The number of anilines is 2. The smallest absolute Gasteiger partial charge is 0.340 e. The molecule has 2 aromatic carbocycles. The SMILES string of the molecule is CCOC(=O)c1ccccc1NC(=O)CSc1nnc(NC(=O)/C=C/c2ccc3c(c2)OCO3)s1. The molecule has 0 saturated carbocycles. The molecule has 1 aliphatic rings. The number of aromatic nitrogens is 2. The molecule has 0 atom stereocenters. The Labute approximate surface area is 208 Å². The van der Waals surface area contributed by atoms with E-state index in [1.807, 2.05) is 6.07 Å². The van der Waals surface area contributed by atoms with Crippen LogP contribution in [0.4, 0.5) is 10.8 Å². The summed E-state index contributed by atoms with van der Waals surface area (Å²) in [7, 11) is 0. The predicted molar refractivity (Wildman–Crippen MR) is 132 cm³/mol. The number of rotatable bonds is 9. The van der Waals surface area contributed by atoms with Crippen molar-refractivity contribution in [1.82, 2.24) is 10.2 Å². The highest BCUT2D eigenvalue weighted by Gasteiger charge is 2.15. The van der Waals surface area contributed by atoms with E-state index in [0.717, 1.165) is 28.7 Å². The van der Waals surface area contributed by atoms with Crippen LogP contribution in [-0.4, -0.2) is 47.1 Å². The first-order chi connectivity index (χ1) is 17.0. The average molecular weight is 513 g/mol. The molecule has 2 N–H and O–H groups in total. The number of hydrogen-bond donors (Lipinski definition) is 2. The molecule has 1 aliphatic heterocycles. The molecule has 12 heteroatoms. The zero-order valence-electron chi connectivity index (χ0n) is 18.5. The number of carbonyl (C=O) groups excluding carboxylic acids is 3. The maximum absolute atomic E-state index is 12.4. The second-order valence-corrected chi connectivity index (χ2v) is 9.11. The van der Waals surface area contributed by atoms with Crippen LogP contribution in [0.1, 0.15) is 22.8 Å². The van der Waals surface area contributed by atoms with E-state index in [9.17, 15) is 14.4 Å². The summed E-state index contributed by atoms with van der Waals surface area (Å²) in [5.41, 5.74) is 1.44. The predicted octanol–water partition coefficient (Wildman–Crippen LogP) is 3.83. The van der Waals surface area contributed by atoms with Crippen LogP contribution in [-0.2, 0) is 14.3 Å². The van der Waals surface area contributed by atoms with Crippen LogP contribution in [0, 0.1) is 0 Å². The molecule has 3 aromatic rings. The minimum absolute atomic E-state index is 0.0454. The fourth-order valence-electron chi connectivity index (χ4n) is 2.95. The fourth-order valence-corrected chi connectivity index (χ4v) is 4.50. The quantitative estimate of drug-likeness (QED) is 0.190. The van der Waals surface area contributed by atoms with Crippen molar-refractivity contribution in [2.24, 2.45) is 0 Å². The normalized spacial score (nSPS) is 11.9. The van der Waals surface area contributed by atoms with Gasteiger partial charge in [0.2, 0.25) is 23.7 Å². The molecule has 0 fully saturated rings. The van der Waals surface area contributed by atoms with Crippen LogP contribution in [0.5, 0.6) is 11.5 Å². The highest BCUT2D eigenvalue weighted by atomic mass is 32.2. The van der Waals surface area contributed by atoms with Gasteiger partial charge in [0.1, 0.15) is 0 Å². The summed E-state index contributed by atoms with van der Waals surface area (Å²) in [6.07, 6.45) is 3.02. The average Bonchev–Trinajstić information content (AvgIpc) is 3.51. The topological polar surface area (TPSA) is 129 Å². The summed E-state index contributed by atoms with van der Waals surface area (Å²) >= 11 is 2.31. The van der Waals surface area contributed by atoms with E-state index >= 15 is 0 Å². The van der Waals surface area contributed by atoms with Gasteiger partial charge in [-0.15, -0.1) is 10.2 Å². The monoisotopic (exact) mass is 512 g/mol. The van der Waals surface area contributed by atoms with Crippen LogP contribution < -0.4 is 20.1 Å². The number of fused-ring (bicyclic) bond motifs is 1. The number of thioether (sulfide) groups is 1. The van der Waals surface area contributed by atoms with Crippen LogP contribution in [0.25, 0.3) is 6.08 Å². The highest BCUT2D eigenvalue weighted by molar-refractivity contribution is 8.01. The van der Waals surface area contributed by atoms with Crippen molar-refractivity contribution in [3.63, 3.8) is 0 Å². The molecule has 1 aromatic heterocycles. The summed E-state index contributed by atoms with van der Waals surface area (Å²) < 4.78 is 16.1. The molecule has 180 valence electrons. The number of esters is 1. The van der Waals surface area contributed by atoms with Gasteiger partial charge in [-0.1, -0.05) is 41.3 Å². The van der Waals surface area contributed by atoms with E-state index in [1.165, 1.54) is 6.08 Å². The van der Waals surface area contributed by atoms with E-state index in [0.29, 0.717) is 26.7 Å². The van der Waals surface area contributed by atoms with Crippen molar-refractivity contribution < 1.29 is 28.6 Å². The van der Waals surface area contributed by atoms with E-state index < -0.39 is 5.97 Å². The Morgan fingerprint density at radius 1 is 1.11 bits per heavy atom. The van der Waals surface area contributed by atoms with Gasteiger partial charge in [-0.3, -0.25) is 14.9 Å². The van der Waals surface area contributed by atoms with Crippen LogP contribution in [0.3, 0.4) is 0 Å². The van der Waals surface area contributed by atoms with Crippen LogP contribution >= 0.6 is 23.1 Å². The Morgan fingerprint density at radius 2 is 1.94 bits per heavy atom. The van der Waals surface area contributed by atoms with Crippen molar-refractivity contribution in [1.29, 1.82) is 0 Å². The molecule has 2 heterocycles. The highest BCUT2D eigenvalue weighted by Crippen LogP contribution is 2.33. The van der Waals surface area contributed by atoms with Crippen molar-refractivity contribution in [2.75, 3.05) is 29.8 Å². The maximum Gasteiger partial charge on any atom is 0.340 e. The summed E-state index contributed by atoms with van der Waals surface area (Å²) in [6, 6.07) is 12.0. The first kappa shape index (κ1) is 24.2. The molecule has 0 saturated heterocycles. The summed E-state index contributed by atoms with van der Waals surface area (Å²) in [5, 5.41) is 13.6. The van der Waals surface area contributed by atoms with Gasteiger partial charge >= 0.3 is 5.97 Å². The van der Waals surface area contributed by atoms with Gasteiger partial charge < -0.3 is 19.5 Å². The zero-order chi connectivity index (χ0) is 24.6. The summed E-state index contributed by atoms with van der Waals surface area (Å²) in [6.45, 7) is 2.13. The number of nitrogens with one attached hydrogen (secondary N) is 2. The second-order valence-electron chi connectivity index (χ2n) is 6.91. The Morgan fingerprint density at radius 3 is 2.80 bits per heavy atom. The number of carbonyl (C=O) groups is 3. The molecule has 0 spiro atoms. The number of amides is 2. The molecule has 2 amide bonds. The first-order valence-electron chi connectivity index (χ1n) is 10.4. The van der Waals surface area contributed by atoms with E-state index in [-0.39, 0.29) is 36.5 Å². The maximum atomic E-state index is 12.4. The Kier molecular flexibility index (Phi) is 7.95. The lowest BCUT2D eigenvalue weighted by molar-refractivity contribution is -0.114. The molecule has 0 radical (unpaired) electrons. The lowest BCUT2D eigenvalue weighted by Gasteiger charge is -2.09. The number of benzene rings is 2. The third-order valence-corrected chi connectivity index (χ3v) is 6.46. The van der Waals surface area contributed by atoms with Crippen LogP contribution in [0.2, 0.25) is 0 Å². The molecule has 10 nitrogen and oxygen atoms in total. The Hall–Kier alpha value is -3.90. The molecular weight excluding hydrogens is 492 g/mol. The molecule has 35 heavy (non-hydrogen) atoms. The van der Waals surface area contributed by atoms with Crippen molar-refractivity contribution in [3.05, 3.63) is 59.7 Å². The van der Waals surface area contributed by atoms with E-state index in [4.69, 9.17) is 14.2 Å². The first-order valence-corrected chi connectivity index (χ1v) is 12.2. The van der Waals surface area contributed by atoms with Gasteiger partial charge in [0.25, 0.3) is 0 Å². The third-order valence-electron chi connectivity index (χ3n) is 4.48. The summed E-state index contributed by atoms with van der Waals surface area (Å²) in [4.78, 5) is 36.6. The standard InChI is InChI=1S/C23H20N4O6S2/c1-2-31-21(30)15-5-3-4-6-16(15)24-20(29)12-34-23-27-26-22(35-23)25-19(28)10-8-14-7-9-17-18(11-14)33-13-32-17/h3-11H,2,12-13H2,1H3,(H,24,29)(H,25,26,28)/b10-8+. The number of hydrogen-bond acceptors (Lipinski definition) is 10. The van der Waals surface area contributed by atoms with Gasteiger partial charge in [-0.25, -0.2) is 4.79 Å². The van der Waals surface area contributed by atoms with E-state index in [1.54, 1.807) is 49.4 Å².